The molecule has 0 saturated heterocycles. The largest absolute Gasteiger partial charge is 0.498 e. The van der Waals surface area contributed by atoms with Crippen molar-refractivity contribution in [1.29, 1.82) is 0 Å². The van der Waals surface area contributed by atoms with E-state index in [9.17, 15) is 4.79 Å². The molecule has 1 aliphatic rings. The second-order valence-electron chi connectivity index (χ2n) is 7.37. The summed E-state index contributed by atoms with van der Waals surface area (Å²) in [4.78, 5) is 13.3. The molecule has 1 aromatic rings. The van der Waals surface area contributed by atoms with Crippen LogP contribution in [0.1, 0.15) is 49.9 Å². The van der Waals surface area contributed by atoms with E-state index < -0.39 is 11.6 Å². The van der Waals surface area contributed by atoms with Crippen LogP contribution in [-0.2, 0) is 14.2 Å². The van der Waals surface area contributed by atoms with E-state index >= 15 is 0 Å². The van der Waals surface area contributed by atoms with Gasteiger partial charge in [0.25, 0.3) is 0 Å². The Morgan fingerprint density at radius 1 is 1.07 bits per heavy atom. The Kier molecular flexibility index (Phi) is 9.81. The van der Waals surface area contributed by atoms with Gasteiger partial charge in [-0.15, -0.1) is 0 Å². The van der Waals surface area contributed by atoms with Gasteiger partial charge < -0.3 is 23.7 Å². The lowest BCUT2D eigenvalue weighted by atomic mass is 9.88. The first-order valence-corrected chi connectivity index (χ1v) is 11.3. The van der Waals surface area contributed by atoms with Gasteiger partial charge in [0.1, 0.15) is 37.6 Å². The Labute approximate surface area is 192 Å². The van der Waals surface area contributed by atoms with Crippen LogP contribution in [0.4, 0.5) is 0 Å². The maximum atomic E-state index is 13.3. The zero-order valence-electron chi connectivity index (χ0n) is 17.8. The van der Waals surface area contributed by atoms with Gasteiger partial charge in [-0.2, -0.15) is 0 Å². The highest BCUT2D eigenvalue weighted by atomic mass is 127. The second kappa shape index (κ2) is 12.1. The summed E-state index contributed by atoms with van der Waals surface area (Å²) in [6.45, 7) is 12.4. The number of halogens is 1. The molecule has 0 spiro atoms. The van der Waals surface area contributed by atoms with Gasteiger partial charge >= 0.3 is 5.97 Å². The van der Waals surface area contributed by atoms with Gasteiger partial charge in [-0.05, 0) is 66.3 Å². The smallest absolute Gasteiger partial charge is 0.342 e. The Hall–Kier alpha value is -1.90. The summed E-state index contributed by atoms with van der Waals surface area (Å²) >= 11 is 2.15. The first-order valence-electron chi connectivity index (χ1n) is 10.2. The normalized spacial score (nSPS) is 14.8. The highest BCUT2D eigenvalue weighted by Crippen LogP contribution is 2.41. The monoisotopic (exact) mass is 530 g/mol. The average Bonchev–Trinajstić information content (AvgIpc) is 3.19. The molecule has 7 heteroatoms. The van der Waals surface area contributed by atoms with Gasteiger partial charge in [-0.3, -0.25) is 0 Å². The first kappa shape index (κ1) is 24.4. The van der Waals surface area contributed by atoms with E-state index in [4.69, 9.17) is 23.7 Å². The highest BCUT2D eigenvalue weighted by Gasteiger charge is 2.41. The quantitative estimate of drug-likeness (QED) is 0.145. The minimum Gasteiger partial charge on any atom is -0.498 e. The van der Waals surface area contributed by atoms with Crippen molar-refractivity contribution in [3.05, 3.63) is 46.9 Å². The zero-order chi connectivity index (χ0) is 22.0. The summed E-state index contributed by atoms with van der Waals surface area (Å²) in [5.74, 6) is 0.661. The number of hydrogen-bond donors (Lipinski definition) is 0. The number of rotatable bonds is 13. The molecule has 1 aromatic carbocycles. The minimum absolute atomic E-state index is 0.238. The van der Waals surface area contributed by atoms with Crippen LogP contribution in [0.5, 0.6) is 11.5 Å². The third-order valence-electron chi connectivity index (χ3n) is 5.18. The Morgan fingerprint density at radius 2 is 1.67 bits per heavy atom. The molecule has 0 N–H and O–H groups in total. The van der Waals surface area contributed by atoms with Gasteiger partial charge in [0.2, 0.25) is 0 Å². The van der Waals surface area contributed by atoms with Crippen molar-refractivity contribution in [3.8, 4) is 11.5 Å². The molecule has 0 atom stereocenters. The summed E-state index contributed by atoms with van der Waals surface area (Å²) in [5, 5.41) is 0. The number of esters is 1. The third kappa shape index (κ3) is 6.55. The maximum absolute atomic E-state index is 13.3. The molecule has 0 radical (unpaired) electrons. The van der Waals surface area contributed by atoms with Crippen LogP contribution < -0.4 is 9.47 Å². The molecule has 0 unspecified atom stereocenters. The molecule has 1 aliphatic carbocycles. The average molecular weight is 530 g/mol. The molecule has 0 bridgehead atoms. The lowest BCUT2D eigenvalue weighted by Gasteiger charge is -2.33. The molecule has 2 rings (SSSR count). The fourth-order valence-corrected chi connectivity index (χ4v) is 4.14. The molecule has 30 heavy (non-hydrogen) atoms. The second-order valence-corrected chi connectivity index (χ2v) is 8.61. The summed E-state index contributed by atoms with van der Waals surface area (Å²) in [6, 6.07) is 3.59. The van der Waals surface area contributed by atoms with Crippen molar-refractivity contribution >= 4 is 28.6 Å². The van der Waals surface area contributed by atoms with Gasteiger partial charge in [-0.1, -0.05) is 27.0 Å². The summed E-state index contributed by atoms with van der Waals surface area (Å²) in [7, 11) is 0. The van der Waals surface area contributed by atoms with Crippen LogP contribution in [0.2, 0.25) is 0 Å². The molecule has 0 amide bonds. The van der Waals surface area contributed by atoms with E-state index in [0.29, 0.717) is 30.3 Å². The summed E-state index contributed by atoms with van der Waals surface area (Å²) < 4.78 is 28.9. The molecule has 0 aliphatic heterocycles. The third-order valence-corrected chi connectivity index (χ3v) is 5.80. The number of benzene rings is 1. The van der Waals surface area contributed by atoms with E-state index in [-0.39, 0.29) is 19.1 Å². The predicted octanol–water partition coefficient (Wildman–Crippen LogP) is 5.49. The van der Waals surface area contributed by atoms with E-state index in [1.165, 1.54) is 12.5 Å². The van der Waals surface area contributed by atoms with Gasteiger partial charge in [0.15, 0.2) is 11.5 Å². The molecule has 1 fully saturated rings. The minimum atomic E-state index is -0.430. The molecule has 6 nitrogen and oxygen atoms in total. The topological polar surface area (TPSA) is 63.2 Å². The van der Waals surface area contributed by atoms with E-state index in [1.807, 2.05) is 6.07 Å². The van der Waals surface area contributed by atoms with Crippen LogP contribution in [0.3, 0.4) is 0 Å². The molecule has 0 heterocycles. The fraction of sp³-hybridized carbons (Fsp3) is 0.522. The van der Waals surface area contributed by atoms with Gasteiger partial charge in [-0.25, -0.2) is 4.79 Å². The Balaban J connectivity index is 2.29. The summed E-state index contributed by atoms with van der Waals surface area (Å²) in [5.41, 5.74) is -0.0764. The van der Waals surface area contributed by atoms with Crippen molar-refractivity contribution in [1.82, 2.24) is 0 Å². The highest BCUT2D eigenvalue weighted by molar-refractivity contribution is 14.1. The first-order chi connectivity index (χ1) is 14.4. The lowest BCUT2D eigenvalue weighted by molar-refractivity contribution is -0.0401. The van der Waals surface area contributed by atoms with Crippen LogP contribution in [0, 0.1) is 9.49 Å². The molecule has 0 aromatic heterocycles. The zero-order valence-corrected chi connectivity index (χ0v) is 19.9. The molecular formula is C23H31IO6. The van der Waals surface area contributed by atoms with Crippen LogP contribution in [-0.4, -0.2) is 38.0 Å². The van der Waals surface area contributed by atoms with Crippen LogP contribution in [0.25, 0.3) is 0 Å². The van der Waals surface area contributed by atoms with E-state index in [2.05, 4.69) is 49.6 Å². The Bertz CT molecular complexity index is 725. The van der Waals surface area contributed by atoms with E-state index in [0.717, 1.165) is 29.3 Å². The van der Waals surface area contributed by atoms with Crippen molar-refractivity contribution in [2.45, 2.75) is 45.1 Å². The van der Waals surface area contributed by atoms with Gasteiger partial charge in [0, 0.05) is 3.57 Å². The van der Waals surface area contributed by atoms with Gasteiger partial charge in [0.05, 0.1) is 12.5 Å². The van der Waals surface area contributed by atoms with Crippen LogP contribution in [0.15, 0.2) is 37.8 Å². The molecule has 1 saturated carbocycles. The SMILES string of the molecule is C=COCCOc1cc(I)cc(C(=O)OC2(C(C)C)CCCC2)c1OCCOC=C. The number of hydrogen-bond acceptors (Lipinski definition) is 6. The standard InChI is InChI=1S/C23H31IO6/c1-5-26-11-13-28-20-16-18(24)15-19(21(20)29-14-12-27-6-2)22(25)30-23(17(3)4)9-7-8-10-23/h5-6,15-17H,1-2,7-14H2,3-4H3. The number of carbonyl (C=O) groups is 1. The number of ether oxygens (including phenoxy) is 5. The lowest BCUT2D eigenvalue weighted by Crippen LogP contribution is -2.37. The van der Waals surface area contributed by atoms with Crippen molar-refractivity contribution in [2.24, 2.45) is 5.92 Å². The van der Waals surface area contributed by atoms with E-state index in [1.54, 1.807) is 6.07 Å². The van der Waals surface area contributed by atoms with Crippen molar-refractivity contribution in [2.75, 3.05) is 26.4 Å². The maximum Gasteiger partial charge on any atom is 0.342 e. The van der Waals surface area contributed by atoms with Crippen LogP contribution >= 0.6 is 22.6 Å². The molecule has 166 valence electrons. The summed E-state index contributed by atoms with van der Waals surface area (Å²) in [6.07, 6.45) is 6.61. The number of carbonyl (C=O) groups excluding carboxylic acids is 1. The van der Waals surface area contributed by atoms with Crippen molar-refractivity contribution < 1.29 is 28.5 Å². The fourth-order valence-electron chi connectivity index (χ4n) is 3.54. The Morgan fingerprint density at radius 3 is 2.23 bits per heavy atom. The molecular weight excluding hydrogens is 499 g/mol. The predicted molar refractivity (Wildman–Crippen MR) is 124 cm³/mol. The van der Waals surface area contributed by atoms with Crippen molar-refractivity contribution in [3.63, 3.8) is 0 Å².